The van der Waals surface area contributed by atoms with Crippen LogP contribution >= 0.6 is 0 Å². The van der Waals surface area contributed by atoms with Gasteiger partial charge in [0.15, 0.2) is 0 Å². The Morgan fingerprint density at radius 2 is 1.76 bits per heavy atom. The summed E-state index contributed by atoms with van der Waals surface area (Å²) in [5, 5.41) is 0. The van der Waals surface area contributed by atoms with Crippen LogP contribution in [0.1, 0.15) is 11.1 Å². The van der Waals surface area contributed by atoms with Crippen molar-refractivity contribution in [1.82, 2.24) is 0 Å². The van der Waals surface area contributed by atoms with E-state index in [1.807, 2.05) is 30.3 Å². The predicted octanol–water partition coefficient (Wildman–Crippen LogP) is 3.29. The van der Waals surface area contributed by atoms with E-state index < -0.39 is 0 Å². The molecule has 88 valence electrons. The zero-order valence-corrected chi connectivity index (χ0v) is 10.0. The van der Waals surface area contributed by atoms with Gasteiger partial charge >= 0.3 is 0 Å². The van der Waals surface area contributed by atoms with Crippen LogP contribution in [0.4, 0.5) is 0 Å². The summed E-state index contributed by atoms with van der Waals surface area (Å²) in [5.41, 5.74) is 7.94. The summed E-state index contributed by atoms with van der Waals surface area (Å²) in [6, 6.07) is 16.1. The summed E-state index contributed by atoms with van der Waals surface area (Å²) >= 11 is 0. The van der Waals surface area contributed by atoms with E-state index in [0.29, 0.717) is 6.54 Å². The highest BCUT2D eigenvalue weighted by Crippen LogP contribution is 2.22. The molecule has 0 aliphatic rings. The van der Waals surface area contributed by atoms with Gasteiger partial charge in [-0.3, -0.25) is 0 Å². The first-order chi connectivity index (χ1) is 8.28. The quantitative estimate of drug-likeness (QED) is 0.869. The summed E-state index contributed by atoms with van der Waals surface area (Å²) in [6.45, 7) is 2.73. The zero-order chi connectivity index (χ0) is 12.1. The number of nitrogens with two attached hydrogens (primary N) is 1. The van der Waals surface area contributed by atoms with Crippen molar-refractivity contribution in [3.05, 3.63) is 59.7 Å². The normalized spacial score (nSPS) is 10.2. The molecule has 0 fully saturated rings. The summed E-state index contributed by atoms with van der Waals surface area (Å²) in [5.74, 6) is 1.73. The first-order valence-electron chi connectivity index (χ1n) is 5.81. The average Bonchev–Trinajstić information content (AvgIpc) is 2.32. The SMILES string of the molecule is Cc1cccc(Oc2ccc(CCN)cc2)c1. The Labute approximate surface area is 102 Å². The van der Waals surface area contributed by atoms with Crippen LogP contribution in [0.25, 0.3) is 0 Å². The summed E-state index contributed by atoms with van der Waals surface area (Å²) in [4.78, 5) is 0. The fourth-order valence-electron chi connectivity index (χ4n) is 1.71. The first kappa shape index (κ1) is 11.7. The van der Waals surface area contributed by atoms with Crippen molar-refractivity contribution in [3.63, 3.8) is 0 Å². The van der Waals surface area contributed by atoms with Gasteiger partial charge in [-0.1, -0.05) is 24.3 Å². The monoisotopic (exact) mass is 227 g/mol. The molecule has 2 aromatic rings. The molecule has 2 aromatic carbocycles. The van der Waals surface area contributed by atoms with Crippen LogP contribution in [0.3, 0.4) is 0 Å². The number of hydrogen-bond acceptors (Lipinski definition) is 2. The Bertz CT molecular complexity index is 477. The fourth-order valence-corrected chi connectivity index (χ4v) is 1.71. The third kappa shape index (κ3) is 3.33. The number of ether oxygens (including phenoxy) is 1. The second-order valence-electron chi connectivity index (χ2n) is 4.10. The van der Waals surface area contributed by atoms with Gasteiger partial charge in [0, 0.05) is 0 Å². The highest BCUT2D eigenvalue weighted by atomic mass is 16.5. The molecule has 0 aromatic heterocycles. The molecule has 0 saturated heterocycles. The molecule has 0 heterocycles. The summed E-state index contributed by atoms with van der Waals surface area (Å²) in [6.07, 6.45) is 0.907. The topological polar surface area (TPSA) is 35.2 Å². The molecule has 0 bridgehead atoms. The lowest BCUT2D eigenvalue weighted by molar-refractivity contribution is 0.482. The standard InChI is InChI=1S/C15H17NO/c1-12-3-2-4-15(11-12)17-14-7-5-13(6-8-14)9-10-16/h2-8,11H,9-10,16H2,1H3. The van der Waals surface area contributed by atoms with E-state index in [1.165, 1.54) is 11.1 Å². The maximum Gasteiger partial charge on any atom is 0.127 e. The van der Waals surface area contributed by atoms with Crippen molar-refractivity contribution in [2.24, 2.45) is 5.73 Å². The number of rotatable bonds is 4. The molecule has 0 aliphatic heterocycles. The van der Waals surface area contributed by atoms with Crippen LogP contribution in [0.5, 0.6) is 11.5 Å². The molecular weight excluding hydrogens is 210 g/mol. The molecule has 0 radical (unpaired) electrons. The molecule has 0 atom stereocenters. The second-order valence-corrected chi connectivity index (χ2v) is 4.10. The van der Waals surface area contributed by atoms with Gasteiger partial charge in [0.25, 0.3) is 0 Å². The van der Waals surface area contributed by atoms with E-state index in [4.69, 9.17) is 10.5 Å². The lowest BCUT2D eigenvalue weighted by atomic mass is 10.1. The van der Waals surface area contributed by atoms with Crippen LogP contribution < -0.4 is 10.5 Å². The van der Waals surface area contributed by atoms with Gasteiger partial charge in [-0.25, -0.2) is 0 Å². The zero-order valence-electron chi connectivity index (χ0n) is 10.0. The maximum atomic E-state index is 5.76. The number of hydrogen-bond donors (Lipinski definition) is 1. The molecule has 2 nitrogen and oxygen atoms in total. The van der Waals surface area contributed by atoms with E-state index in [9.17, 15) is 0 Å². The van der Waals surface area contributed by atoms with Crippen molar-refractivity contribution < 1.29 is 4.74 Å². The molecule has 0 spiro atoms. The number of benzene rings is 2. The Morgan fingerprint density at radius 1 is 1.00 bits per heavy atom. The van der Waals surface area contributed by atoms with E-state index in [2.05, 4.69) is 25.1 Å². The van der Waals surface area contributed by atoms with Gasteiger partial charge in [0.05, 0.1) is 0 Å². The average molecular weight is 227 g/mol. The minimum absolute atomic E-state index is 0.679. The third-order valence-electron chi connectivity index (χ3n) is 2.58. The molecule has 17 heavy (non-hydrogen) atoms. The van der Waals surface area contributed by atoms with Gasteiger partial charge in [-0.15, -0.1) is 0 Å². The molecule has 2 N–H and O–H groups in total. The Kier molecular flexibility index (Phi) is 3.78. The predicted molar refractivity (Wildman–Crippen MR) is 70.5 cm³/mol. The first-order valence-corrected chi connectivity index (χ1v) is 5.81. The van der Waals surface area contributed by atoms with Crippen LogP contribution in [-0.2, 0) is 6.42 Å². The molecule has 0 unspecified atom stereocenters. The smallest absolute Gasteiger partial charge is 0.127 e. The Morgan fingerprint density at radius 3 is 2.41 bits per heavy atom. The van der Waals surface area contributed by atoms with E-state index >= 15 is 0 Å². The molecule has 2 rings (SSSR count). The van der Waals surface area contributed by atoms with Crippen LogP contribution in [0, 0.1) is 6.92 Å². The maximum absolute atomic E-state index is 5.76. The van der Waals surface area contributed by atoms with Gasteiger partial charge < -0.3 is 10.5 Å². The van der Waals surface area contributed by atoms with E-state index in [1.54, 1.807) is 0 Å². The van der Waals surface area contributed by atoms with Gasteiger partial charge in [-0.2, -0.15) is 0 Å². The van der Waals surface area contributed by atoms with Crippen molar-refractivity contribution >= 4 is 0 Å². The van der Waals surface area contributed by atoms with E-state index in [-0.39, 0.29) is 0 Å². The summed E-state index contributed by atoms with van der Waals surface area (Å²) in [7, 11) is 0. The Balaban J connectivity index is 2.08. The minimum atomic E-state index is 0.679. The molecule has 0 amide bonds. The summed E-state index contributed by atoms with van der Waals surface area (Å²) < 4.78 is 5.76. The lowest BCUT2D eigenvalue weighted by Gasteiger charge is -2.07. The van der Waals surface area contributed by atoms with Crippen LogP contribution in [0.2, 0.25) is 0 Å². The van der Waals surface area contributed by atoms with Crippen molar-refractivity contribution in [2.45, 2.75) is 13.3 Å². The highest BCUT2D eigenvalue weighted by Gasteiger charge is 1.98. The highest BCUT2D eigenvalue weighted by molar-refractivity contribution is 5.34. The lowest BCUT2D eigenvalue weighted by Crippen LogP contribution is -2.02. The van der Waals surface area contributed by atoms with Crippen LogP contribution in [-0.4, -0.2) is 6.54 Å². The molecule has 0 aliphatic carbocycles. The minimum Gasteiger partial charge on any atom is -0.457 e. The number of aryl methyl sites for hydroxylation is 1. The van der Waals surface area contributed by atoms with Crippen molar-refractivity contribution in [1.29, 1.82) is 0 Å². The third-order valence-corrected chi connectivity index (χ3v) is 2.58. The molecular formula is C15H17NO. The fraction of sp³-hybridized carbons (Fsp3) is 0.200. The van der Waals surface area contributed by atoms with Gasteiger partial charge in [0.2, 0.25) is 0 Å². The largest absolute Gasteiger partial charge is 0.457 e. The van der Waals surface area contributed by atoms with Crippen molar-refractivity contribution in [2.75, 3.05) is 6.54 Å². The van der Waals surface area contributed by atoms with E-state index in [0.717, 1.165) is 17.9 Å². The van der Waals surface area contributed by atoms with Gasteiger partial charge in [-0.05, 0) is 55.3 Å². The Hall–Kier alpha value is -1.80. The molecule has 0 saturated carbocycles. The van der Waals surface area contributed by atoms with Crippen molar-refractivity contribution in [3.8, 4) is 11.5 Å². The molecule has 2 heteroatoms. The van der Waals surface area contributed by atoms with Crippen LogP contribution in [0.15, 0.2) is 48.5 Å². The van der Waals surface area contributed by atoms with Gasteiger partial charge in [0.1, 0.15) is 11.5 Å². The second kappa shape index (κ2) is 5.51.